The number of nitrogens with zero attached hydrogens (tertiary/aromatic N) is 4. The van der Waals surface area contributed by atoms with E-state index in [0.29, 0.717) is 0 Å². The Bertz CT molecular complexity index is 533. The Hall–Kier alpha value is -1.33. The summed E-state index contributed by atoms with van der Waals surface area (Å²) in [6.07, 6.45) is 6.27. The predicted octanol–water partition coefficient (Wildman–Crippen LogP) is 2.21. The number of anilines is 1. The van der Waals surface area contributed by atoms with Gasteiger partial charge in [-0.1, -0.05) is 12.2 Å². The molecule has 0 N–H and O–H groups in total. The highest BCUT2D eigenvalue weighted by Crippen LogP contribution is 2.35. The second-order valence-electron chi connectivity index (χ2n) is 5.10. The Morgan fingerprint density at radius 2 is 2.10 bits per heavy atom. The van der Waals surface area contributed by atoms with Crippen molar-refractivity contribution >= 4 is 23.7 Å². The highest BCUT2D eigenvalue weighted by Gasteiger charge is 2.23. The average molecular weight is 288 g/mol. The number of aryl methyl sites for hydroxylation is 1. The van der Waals surface area contributed by atoms with E-state index < -0.39 is 0 Å². The van der Waals surface area contributed by atoms with E-state index >= 15 is 0 Å². The van der Waals surface area contributed by atoms with E-state index in [2.05, 4.69) is 33.5 Å². The fourth-order valence-corrected chi connectivity index (χ4v) is 3.57. The van der Waals surface area contributed by atoms with Crippen molar-refractivity contribution in [1.82, 2.24) is 14.9 Å². The van der Waals surface area contributed by atoms with Crippen molar-refractivity contribution in [3.05, 3.63) is 30.2 Å². The van der Waals surface area contributed by atoms with E-state index in [0.717, 1.165) is 55.8 Å². The fraction of sp³-hybridized carbons (Fsp3) is 0.467. The SMILES string of the molecule is C=CCN1CCN(c2nc(C)nc3c2SCC=C3)CC1. The Kier molecular flexibility index (Phi) is 4.08. The van der Waals surface area contributed by atoms with E-state index in [1.54, 1.807) is 0 Å². The first-order valence-electron chi connectivity index (χ1n) is 7.04. The van der Waals surface area contributed by atoms with Crippen molar-refractivity contribution in [3.63, 3.8) is 0 Å². The molecule has 0 atom stereocenters. The predicted molar refractivity (Wildman–Crippen MR) is 85.4 cm³/mol. The lowest BCUT2D eigenvalue weighted by molar-refractivity contribution is 0.283. The van der Waals surface area contributed by atoms with Gasteiger partial charge in [0.25, 0.3) is 0 Å². The zero-order chi connectivity index (χ0) is 13.9. The van der Waals surface area contributed by atoms with Gasteiger partial charge >= 0.3 is 0 Å². The molecule has 0 bridgehead atoms. The summed E-state index contributed by atoms with van der Waals surface area (Å²) >= 11 is 1.85. The maximum atomic E-state index is 4.70. The molecule has 2 aliphatic rings. The Labute approximate surface area is 124 Å². The molecular formula is C15H20N4S. The minimum absolute atomic E-state index is 0.861. The topological polar surface area (TPSA) is 32.3 Å². The van der Waals surface area contributed by atoms with Gasteiger partial charge in [0.2, 0.25) is 0 Å². The van der Waals surface area contributed by atoms with Crippen LogP contribution in [0.3, 0.4) is 0 Å². The van der Waals surface area contributed by atoms with Gasteiger partial charge in [-0.05, 0) is 13.0 Å². The molecule has 4 nitrogen and oxygen atoms in total. The van der Waals surface area contributed by atoms with E-state index in [9.17, 15) is 0 Å². The van der Waals surface area contributed by atoms with Crippen LogP contribution in [0.1, 0.15) is 11.5 Å². The molecule has 0 spiro atoms. The summed E-state index contributed by atoms with van der Waals surface area (Å²) in [6, 6.07) is 0. The van der Waals surface area contributed by atoms with Crippen molar-refractivity contribution in [2.24, 2.45) is 0 Å². The Morgan fingerprint density at radius 1 is 1.30 bits per heavy atom. The number of aromatic nitrogens is 2. The summed E-state index contributed by atoms with van der Waals surface area (Å²) in [5.74, 6) is 3.00. The van der Waals surface area contributed by atoms with Gasteiger partial charge in [0.1, 0.15) is 11.6 Å². The van der Waals surface area contributed by atoms with Gasteiger partial charge in [-0.15, -0.1) is 18.3 Å². The van der Waals surface area contributed by atoms with Crippen LogP contribution in [0.15, 0.2) is 23.6 Å². The molecule has 106 valence electrons. The smallest absolute Gasteiger partial charge is 0.146 e. The molecule has 0 unspecified atom stereocenters. The summed E-state index contributed by atoms with van der Waals surface area (Å²) in [5, 5.41) is 0. The molecule has 1 aromatic heterocycles. The zero-order valence-electron chi connectivity index (χ0n) is 11.9. The molecule has 1 fully saturated rings. The Morgan fingerprint density at radius 3 is 2.85 bits per heavy atom. The zero-order valence-corrected chi connectivity index (χ0v) is 12.7. The molecule has 1 aromatic rings. The largest absolute Gasteiger partial charge is 0.353 e. The van der Waals surface area contributed by atoms with Gasteiger partial charge in [-0.25, -0.2) is 9.97 Å². The molecule has 1 saturated heterocycles. The lowest BCUT2D eigenvalue weighted by Crippen LogP contribution is -2.47. The number of hydrogen-bond donors (Lipinski definition) is 0. The molecule has 2 aliphatic heterocycles. The second kappa shape index (κ2) is 5.97. The molecule has 3 rings (SSSR count). The molecule has 0 aliphatic carbocycles. The molecule has 5 heteroatoms. The van der Waals surface area contributed by atoms with Crippen LogP contribution >= 0.6 is 11.8 Å². The lowest BCUT2D eigenvalue weighted by atomic mass is 10.2. The van der Waals surface area contributed by atoms with E-state index in [1.807, 2.05) is 24.8 Å². The number of thioether (sulfide) groups is 1. The van der Waals surface area contributed by atoms with E-state index in [-0.39, 0.29) is 0 Å². The minimum Gasteiger partial charge on any atom is -0.353 e. The molecule has 3 heterocycles. The van der Waals surface area contributed by atoms with Gasteiger partial charge in [0.15, 0.2) is 0 Å². The Balaban J connectivity index is 1.82. The highest BCUT2D eigenvalue weighted by molar-refractivity contribution is 7.99. The summed E-state index contributed by atoms with van der Waals surface area (Å²) in [7, 11) is 0. The van der Waals surface area contributed by atoms with Crippen molar-refractivity contribution in [1.29, 1.82) is 0 Å². The molecule has 0 saturated carbocycles. The summed E-state index contributed by atoms with van der Waals surface area (Å²) < 4.78 is 0. The maximum absolute atomic E-state index is 4.70. The summed E-state index contributed by atoms with van der Waals surface area (Å²) in [6.45, 7) is 11.0. The van der Waals surface area contributed by atoms with Crippen molar-refractivity contribution in [3.8, 4) is 0 Å². The highest BCUT2D eigenvalue weighted by atomic mass is 32.2. The third-order valence-corrected chi connectivity index (χ3v) is 4.68. The van der Waals surface area contributed by atoms with Crippen LogP contribution in [-0.2, 0) is 0 Å². The number of rotatable bonds is 3. The van der Waals surface area contributed by atoms with Crippen LogP contribution in [0.25, 0.3) is 6.08 Å². The van der Waals surface area contributed by atoms with Crippen molar-refractivity contribution < 1.29 is 0 Å². The first kappa shape index (κ1) is 13.6. The molecule has 0 radical (unpaired) electrons. The van der Waals surface area contributed by atoms with Crippen molar-refractivity contribution in [2.45, 2.75) is 11.8 Å². The van der Waals surface area contributed by atoms with E-state index in [1.165, 1.54) is 4.90 Å². The summed E-state index contributed by atoms with van der Waals surface area (Å²) in [5.41, 5.74) is 1.08. The van der Waals surface area contributed by atoms with Crippen molar-refractivity contribution in [2.75, 3.05) is 43.4 Å². The van der Waals surface area contributed by atoms with Gasteiger partial charge in [-0.3, -0.25) is 4.90 Å². The van der Waals surface area contributed by atoms with Gasteiger partial charge < -0.3 is 4.90 Å². The minimum atomic E-state index is 0.861. The van der Waals surface area contributed by atoms with Gasteiger partial charge in [0, 0.05) is 38.5 Å². The number of hydrogen-bond acceptors (Lipinski definition) is 5. The van der Waals surface area contributed by atoms with E-state index in [4.69, 9.17) is 4.98 Å². The number of fused-ring (bicyclic) bond motifs is 1. The molecule has 20 heavy (non-hydrogen) atoms. The van der Waals surface area contributed by atoms with Crippen LogP contribution in [0.2, 0.25) is 0 Å². The molecular weight excluding hydrogens is 268 g/mol. The fourth-order valence-electron chi connectivity index (χ4n) is 2.65. The van der Waals surface area contributed by atoms with Crippen LogP contribution in [-0.4, -0.2) is 53.3 Å². The van der Waals surface area contributed by atoms with Crippen LogP contribution in [0, 0.1) is 6.92 Å². The van der Waals surface area contributed by atoms with Crippen LogP contribution in [0.4, 0.5) is 5.82 Å². The standard InChI is InChI=1S/C15H20N4S/c1-3-6-18-7-9-19(10-8-18)15-14-13(5-4-11-20-14)16-12(2)17-15/h3-5H,1,6-11H2,2H3. The average Bonchev–Trinajstić information content (AvgIpc) is 2.47. The quantitative estimate of drug-likeness (QED) is 0.796. The number of piperazine rings is 1. The first-order chi connectivity index (χ1) is 9.78. The summed E-state index contributed by atoms with van der Waals surface area (Å²) in [4.78, 5) is 15.3. The lowest BCUT2D eigenvalue weighted by Gasteiger charge is -2.36. The second-order valence-corrected chi connectivity index (χ2v) is 6.13. The van der Waals surface area contributed by atoms with Gasteiger partial charge in [-0.2, -0.15) is 0 Å². The molecule has 0 amide bonds. The molecule has 0 aromatic carbocycles. The maximum Gasteiger partial charge on any atom is 0.146 e. The third kappa shape index (κ3) is 2.74. The van der Waals surface area contributed by atoms with Crippen LogP contribution < -0.4 is 4.90 Å². The monoisotopic (exact) mass is 288 g/mol. The third-order valence-electron chi connectivity index (χ3n) is 3.64. The first-order valence-corrected chi connectivity index (χ1v) is 8.02. The van der Waals surface area contributed by atoms with Crippen LogP contribution in [0.5, 0.6) is 0 Å². The van der Waals surface area contributed by atoms with Gasteiger partial charge in [0.05, 0.1) is 10.6 Å². The normalized spacial score (nSPS) is 18.9.